The number of piperidine rings is 1. The summed E-state index contributed by atoms with van der Waals surface area (Å²) >= 11 is 0. The molecule has 2 heterocycles. The first-order chi connectivity index (χ1) is 13.1. The van der Waals surface area contributed by atoms with Gasteiger partial charge in [0.2, 0.25) is 0 Å². The quantitative estimate of drug-likeness (QED) is 0.272. The van der Waals surface area contributed by atoms with Crippen LogP contribution in [0, 0.1) is 0 Å². The van der Waals surface area contributed by atoms with Gasteiger partial charge in [-0.1, -0.05) is 6.08 Å². The lowest BCUT2D eigenvalue weighted by molar-refractivity contribution is 0.225. The zero-order valence-electron chi connectivity index (χ0n) is 17.2. The summed E-state index contributed by atoms with van der Waals surface area (Å²) in [5.74, 6) is 2.69. The average molecular weight is 500 g/mol. The zero-order chi connectivity index (χ0) is 19.2. The molecular weight excluding hydrogens is 467 g/mol. The van der Waals surface area contributed by atoms with E-state index in [2.05, 4.69) is 46.2 Å². The Balaban J connectivity index is 0.00000280. The molecule has 0 radical (unpaired) electrons. The van der Waals surface area contributed by atoms with Gasteiger partial charge in [-0.2, -0.15) is 0 Å². The fourth-order valence-corrected chi connectivity index (χ4v) is 3.82. The van der Waals surface area contributed by atoms with Gasteiger partial charge in [-0.25, -0.2) is 0 Å². The van der Waals surface area contributed by atoms with Crippen LogP contribution in [0.4, 0.5) is 0 Å². The third-order valence-corrected chi connectivity index (χ3v) is 5.28. The van der Waals surface area contributed by atoms with E-state index in [9.17, 15) is 0 Å². The highest BCUT2D eigenvalue weighted by atomic mass is 127. The molecule has 1 aromatic rings. The van der Waals surface area contributed by atoms with Crippen LogP contribution in [0.2, 0.25) is 0 Å². The molecule has 0 aliphatic carbocycles. The second-order valence-corrected chi connectivity index (χ2v) is 7.34. The summed E-state index contributed by atoms with van der Waals surface area (Å²) < 4.78 is 11.5. The number of hydrogen-bond acceptors (Lipinski definition) is 4. The summed E-state index contributed by atoms with van der Waals surface area (Å²) in [5.41, 5.74) is 2.30. The molecule has 0 aromatic heterocycles. The molecule has 7 heteroatoms. The number of nitrogens with zero attached hydrogens (tertiary/aromatic N) is 2. The molecule has 1 atom stereocenters. The lowest BCUT2D eigenvalue weighted by atomic mass is 10.1. The van der Waals surface area contributed by atoms with Crippen molar-refractivity contribution in [2.24, 2.45) is 4.99 Å². The Morgan fingerprint density at radius 1 is 1.39 bits per heavy atom. The van der Waals surface area contributed by atoms with Crippen LogP contribution in [0.15, 0.2) is 29.8 Å². The molecule has 2 aliphatic heterocycles. The number of hydrogen-bond donors (Lipinski definition) is 2. The van der Waals surface area contributed by atoms with E-state index in [-0.39, 0.29) is 30.1 Å². The SMILES string of the molecule is C=CCN1CCC(NC(=NC)NCc2cc3c(cc2OC)CC(C)O3)CC1.I. The number of benzene rings is 1. The standard InChI is InChI=1S/C21H32N4O2.HI/c1-5-8-25-9-6-18(7-10-25)24-21(22-3)23-14-17-13-20-16(11-15(2)27-20)12-19(17)26-4;/h5,12-13,15,18H,1,6-11,14H2,2-4H3,(H2,22,23,24);1H. The Kier molecular flexibility index (Phi) is 8.88. The van der Waals surface area contributed by atoms with Crippen LogP contribution in [0.5, 0.6) is 11.5 Å². The maximum Gasteiger partial charge on any atom is 0.191 e. The van der Waals surface area contributed by atoms with Crippen molar-refractivity contribution in [3.8, 4) is 11.5 Å². The maximum absolute atomic E-state index is 5.89. The summed E-state index contributed by atoms with van der Waals surface area (Å²) in [5, 5.41) is 6.97. The minimum atomic E-state index is 0. The Morgan fingerprint density at radius 3 is 2.79 bits per heavy atom. The monoisotopic (exact) mass is 500 g/mol. The number of aliphatic imine (C=N–C) groups is 1. The molecule has 1 saturated heterocycles. The lowest BCUT2D eigenvalue weighted by Crippen LogP contribution is -2.48. The van der Waals surface area contributed by atoms with Gasteiger partial charge in [-0.05, 0) is 31.9 Å². The van der Waals surface area contributed by atoms with Gasteiger partial charge in [0.1, 0.15) is 17.6 Å². The van der Waals surface area contributed by atoms with Gasteiger partial charge in [0.15, 0.2) is 5.96 Å². The van der Waals surface area contributed by atoms with Gasteiger partial charge in [-0.15, -0.1) is 30.6 Å². The van der Waals surface area contributed by atoms with Gasteiger partial charge in [0.25, 0.3) is 0 Å². The third-order valence-electron chi connectivity index (χ3n) is 5.28. The van der Waals surface area contributed by atoms with Crippen molar-refractivity contribution in [2.75, 3.05) is 33.8 Å². The Labute approximate surface area is 185 Å². The number of fused-ring (bicyclic) bond motifs is 1. The first kappa shape index (κ1) is 22.8. The summed E-state index contributed by atoms with van der Waals surface area (Å²) in [6, 6.07) is 4.64. The summed E-state index contributed by atoms with van der Waals surface area (Å²) in [6.07, 6.45) is 5.37. The van der Waals surface area contributed by atoms with Gasteiger partial charge in [-0.3, -0.25) is 9.89 Å². The number of methoxy groups -OCH3 is 1. The van der Waals surface area contributed by atoms with Gasteiger partial charge in [0.05, 0.1) is 7.11 Å². The molecule has 0 saturated carbocycles. The average Bonchev–Trinajstić information content (AvgIpc) is 3.04. The van der Waals surface area contributed by atoms with Crippen molar-refractivity contribution in [2.45, 2.75) is 44.9 Å². The second-order valence-electron chi connectivity index (χ2n) is 7.34. The van der Waals surface area contributed by atoms with E-state index < -0.39 is 0 Å². The summed E-state index contributed by atoms with van der Waals surface area (Å²) in [6.45, 7) is 9.71. The van der Waals surface area contributed by atoms with Crippen molar-refractivity contribution in [1.82, 2.24) is 15.5 Å². The van der Waals surface area contributed by atoms with E-state index in [4.69, 9.17) is 9.47 Å². The largest absolute Gasteiger partial charge is 0.496 e. The minimum absolute atomic E-state index is 0. The molecule has 1 fully saturated rings. The van der Waals surface area contributed by atoms with E-state index in [0.717, 1.165) is 61.9 Å². The first-order valence-corrected chi connectivity index (χ1v) is 9.79. The molecule has 1 aromatic carbocycles. The van der Waals surface area contributed by atoms with Crippen molar-refractivity contribution < 1.29 is 9.47 Å². The fourth-order valence-electron chi connectivity index (χ4n) is 3.82. The summed E-state index contributed by atoms with van der Waals surface area (Å²) in [7, 11) is 3.53. The third kappa shape index (κ3) is 5.76. The van der Waals surface area contributed by atoms with Crippen LogP contribution in [-0.4, -0.2) is 56.8 Å². The van der Waals surface area contributed by atoms with Crippen LogP contribution in [0.25, 0.3) is 0 Å². The molecule has 156 valence electrons. The van der Waals surface area contributed by atoms with Crippen LogP contribution in [0.3, 0.4) is 0 Å². The van der Waals surface area contributed by atoms with Crippen molar-refractivity contribution in [1.29, 1.82) is 0 Å². The van der Waals surface area contributed by atoms with Crippen LogP contribution in [-0.2, 0) is 13.0 Å². The lowest BCUT2D eigenvalue weighted by Gasteiger charge is -2.32. The van der Waals surface area contributed by atoms with Crippen LogP contribution >= 0.6 is 24.0 Å². The number of ether oxygens (including phenoxy) is 2. The molecule has 1 unspecified atom stereocenters. The van der Waals surface area contributed by atoms with Gasteiger partial charge >= 0.3 is 0 Å². The number of rotatable bonds is 6. The molecule has 2 aliphatic rings. The smallest absolute Gasteiger partial charge is 0.191 e. The maximum atomic E-state index is 5.89. The van der Waals surface area contributed by atoms with Gasteiger partial charge in [0, 0.05) is 56.8 Å². The topological polar surface area (TPSA) is 58.1 Å². The first-order valence-electron chi connectivity index (χ1n) is 9.79. The number of halogens is 1. The molecule has 28 heavy (non-hydrogen) atoms. The van der Waals surface area contributed by atoms with Crippen molar-refractivity contribution in [3.05, 3.63) is 35.9 Å². The number of guanidine groups is 1. The predicted molar refractivity (Wildman–Crippen MR) is 125 cm³/mol. The second kappa shape index (κ2) is 10.9. The summed E-state index contributed by atoms with van der Waals surface area (Å²) in [4.78, 5) is 6.81. The molecule has 0 amide bonds. The van der Waals surface area contributed by atoms with Crippen LogP contribution in [0.1, 0.15) is 30.9 Å². The Morgan fingerprint density at radius 2 is 2.14 bits per heavy atom. The van der Waals surface area contributed by atoms with E-state index >= 15 is 0 Å². The molecule has 0 bridgehead atoms. The van der Waals surface area contributed by atoms with E-state index in [1.54, 1.807) is 7.11 Å². The zero-order valence-corrected chi connectivity index (χ0v) is 19.5. The minimum Gasteiger partial charge on any atom is -0.496 e. The number of nitrogens with one attached hydrogen (secondary N) is 2. The normalized spacial score (nSPS) is 20.0. The van der Waals surface area contributed by atoms with Gasteiger partial charge < -0.3 is 20.1 Å². The van der Waals surface area contributed by atoms with Crippen molar-refractivity contribution in [3.63, 3.8) is 0 Å². The van der Waals surface area contributed by atoms with Crippen molar-refractivity contribution >= 4 is 29.9 Å². The number of likely N-dealkylation sites (tertiary alicyclic amines) is 1. The molecule has 3 rings (SSSR count). The highest BCUT2D eigenvalue weighted by Gasteiger charge is 2.22. The highest BCUT2D eigenvalue weighted by Crippen LogP contribution is 2.34. The Bertz CT molecular complexity index is 687. The molecule has 0 spiro atoms. The predicted octanol–water partition coefficient (Wildman–Crippen LogP) is 2.95. The van der Waals surface area contributed by atoms with Crippen LogP contribution < -0.4 is 20.1 Å². The van der Waals surface area contributed by atoms with E-state index in [0.29, 0.717) is 12.6 Å². The molecular formula is C21H33IN4O2. The molecule has 2 N–H and O–H groups in total. The fraction of sp³-hybridized carbons (Fsp3) is 0.571. The van der Waals surface area contributed by atoms with E-state index in [1.807, 2.05) is 13.1 Å². The highest BCUT2D eigenvalue weighted by molar-refractivity contribution is 14.0. The molecule has 6 nitrogen and oxygen atoms in total. The Hall–Kier alpha value is -1.48. The van der Waals surface area contributed by atoms with E-state index in [1.165, 1.54) is 5.56 Å².